The molecule has 1 aromatic rings. The van der Waals surface area contributed by atoms with Gasteiger partial charge in [-0.05, 0) is 38.5 Å². The van der Waals surface area contributed by atoms with Crippen LogP contribution in [0.1, 0.15) is 68.0 Å². The lowest BCUT2D eigenvalue weighted by Crippen LogP contribution is -2.38. The van der Waals surface area contributed by atoms with E-state index in [2.05, 4.69) is 23.8 Å². The first-order valence-corrected chi connectivity index (χ1v) is 10.8. The molecule has 0 unspecified atom stereocenters. The van der Waals surface area contributed by atoms with Crippen molar-refractivity contribution in [3.8, 4) is 0 Å². The number of nitrogens with zero attached hydrogens (tertiary/aromatic N) is 2. The highest BCUT2D eigenvalue weighted by Crippen LogP contribution is 2.34. The maximum atomic E-state index is 12.8. The summed E-state index contributed by atoms with van der Waals surface area (Å²) in [6.45, 7) is 11.1. The van der Waals surface area contributed by atoms with Crippen molar-refractivity contribution in [2.24, 2.45) is 5.92 Å². The van der Waals surface area contributed by atoms with E-state index in [1.54, 1.807) is 0 Å². The van der Waals surface area contributed by atoms with Crippen LogP contribution in [-0.2, 0) is 4.79 Å². The standard InChI is InChI=1S/C22H29N3O2S/c1-14(2)16(4)23-12-20(26)25-10-6-9-19(25)22-24-18(13-28-22)21(27)17-8-5-7-15(3)11-17/h8,11,13-14,19,23H,4-7,9-10,12H2,1-3H3/t19-/m0/s1. The Balaban J connectivity index is 1.68. The molecule has 2 aliphatic rings. The maximum Gasteiger partial charge on any atom is 0.242 e. The fraction of sp³-hybridized carbons (Fsp3) is 0.500. The quantitative estimate of drug-likeness (QED) is 0.690. The van der Waals surface area contributed by atoms with Crippen LogP contribution in [0.3, 0.4) is 0 Å². The Labute approximate surface area is 171 Å². The molecule has 0 bridgehead atoms. The van der Waals surface area contributed by atoms with Crippen LogP contribution in [0.25, 0.3) is 0 Å². The number of amides is 1. The molecule has 6 heteroatoms. The Hall–Kier alpha value is -2.21. The monoisotopic (exact) mass is 399 g/mol. The van der Waals surface area contributed by atoms with Crippen LogP contribution in [0.2, 0.25) is 0 Å². The first-order chi connectivity index (χ1) is 13.4. The van der Waals surface area contributed by atoms with Crippen molar-refractivity contribution in [2.45, 2.75) is 52.5 Å². The van der Waals surface area contributed by atoms with Gasteiger partial charge in [0.15, 0.2) is 0 Å². The lowest BCUT2D eigenvalue weighted by molar-refractivity contribution is -0.131. The number of hydrogen-bond donors (Lipinski definition) is 1. The minimum absolute atomic E-state index is 0.0210. The van der Waals surface area contributed by atoms with E-state index < -0.39 is 0 Å². The molecule has 28 heavy (non-hydrogen) atoms. The summed E-state index contributed by atoms with van der Waals surface area (Å²) in [5, 5.41) is 5.82. The highest BCUT2D eigenvalue weighted by molar-refractivity contribution is 7.10. The van der Waals surface area contributed by atoms with Crippen LogP contribution in [0.4, 0.5) is 0 Å². The van der Waals surface area contributed by atoms with E-state index in [9.17, 15) is 9.59 Å². The van der Waals surface area contributed by atoms with Gasteiger partial charge in [-0.15, -0.1) is 11.3 Å². The number of allylic oxidation sites excluding steroid dienone is 5. The Kier molecular flexibility index (Phi) is 6.50. The van der Waals surface area contributed by atoms with E-state index in [4.69, 9.17) is 0 Å². The number of nitrogens with one attached hydrogen (secondary N) is 1. The lowest BCUT2D eigenvalue weighted by Gasteiger charge is -2.24. The number of thiazole rings is 1. The number of likely N-dealkylation sites (tertiary alicyclic amines) is 1. The summed E-state index contributed by atoms with van der Waals surface area (Å²) in [6.07, 6.45) is 7.71. The second-order valence-corrected chi connectivity index (χ2v) is 8.76. The SMILES string of the molecule is C=C(NCC(=O)N1CCC[C@H]1c1nc(C(=O)C2=CCCC(C)=C2)cs1)C(C)C. The molecule has 0 saturated carbocycles. The first-order valence-electron chi connectivity index (χ1n) is 9.96. The summed E-state index contributed by atoms with van der Waals surface area (Å²) < 4.78 is 0. The maximum absolute atomic E-state index is 12.8. The average Bonchev–Trinajstić information content (AvgIpc) is 3.34. The second-order valence-electron chi connectivity index (χ2n) is 7.87. The number of ketones is 1. The van der Waals surface area contributed by atoms with E-state index >= 15 is 0 Å². The summed E-state index contributed by atoms with van der Waals surface area (Å²) in [5.41, 5.74) is 3.32. The zero-order chi connectivity index (χ0) is 20.3. The average molecular weight is 400 g/mol. The van der Waals surface area contributed by atoms with Crippen molar-refractivity contribution in [3.05, 3.63) is 51.7 Å². The van der Waals surface area contributed by atoms with Gasteiger partial charge in [0.05, 0.1) is 12.6 Å². The zero-order valence-electron chi connectivity index (χ0n) is 17.0. The van der Waals surface area contributed by atoms with Gasteiger partial charge >= 0.3 is 0 Å². The molecule has 1 atom stereocenters. The molecule has 150 valence electrons. The highest BCUT2D eigenvalue weighted by atomic mass is 32.1. The fourth-order valence-corrected chi connectivity index (χ4v) is 4.47. The van der Waals surface area contributed by atoms with Crippen LogP contribution >= 0.6 is 11.3 Å². The van der Waals surface area contributed by atoms with Gasteiger partial charge in [0.2, 0.25) is 11.7 Å². The summed E-state index contributed by atoms with van der Waals surface area (Å²) >= 11 is 1.48. The Bertz CT molecular complexity index is 835. The fourth-order valence-electron chi connectivity index (χ4n) is 3.52. The van der Waals surface area contributed by atoms with Crippen molar-refractivity contribution in [2.75, 3.05) is 13.1 Å². The van der Waals surface area contributed by atoms with Gasteiger partial charge in [-0.25, -0.2) is 4.98 Å². The number of Topliss-reactive ketones (excluding diaryl/α,β-unsaturated/α-hetero) is 1. The number of carbonyl (C=O) groups is 2. The summed E-state index contributed by atoms with van der Waals surface area (Å²) in [6, 6.07) is -0.0363. The first kappa shape index (κ1) is 20.5. The minimum atomic E-state index is -0.0363. The molecule has 1 fully saturated rings. The minimum Gasteiger partial charge on any atom is -0.380 e. The number of aromatic nitrogens is 1. The molecule has 1 N–H and O–H groups in total. The van der Waals surface area contributed by atoms with Gasteiger partial charge in [-0.1, -0.05) is 38.2 Å². The number of carbonyl (C=O) groups excluding carboxylic acids is 2. The second kappa shape index (κ2) is 8.86. The third kappa shape index (κ3) is 4.61. The largest absolute Gasteiger partial charge is 0.380 e. The Morgan fingerprint density at radius 1 is 1.43 bits per heavy atom. The molecular formula is C22H29N3O2S. The van der Waals surface area contributed by atoms with Gasteiger partial charge in [-0.3, -0.25) is 9.59 Å². The normalized spacial score (nSPS) is 19.4. The smallest absolute Gasteiger partial charge is 0.242 e. The molecule has 3 rings (SSSR count). The third-order valence-electron chi connectivity index (χ3n) is 5.34. The van der Waals surface area contributed by atoms with Gasteiger partial charge in [-0.2, -0.15) is 0 Å². The van der Waals surface area contributed by atoms with E-state index in [1.807, 2.05) is 36.3 Å². The molecule has 1 saturated heterocycles. The molecule has 5 nitrogen and oxygen atoms in total. The van der Waals surface area contributed by atoms with E-state index in [0.717, 1.165) is 48.5 Å². The van der Waals surface area contributed by atoms with Gasteiger partial charge in [0, 0.05) is 23.2 Å². The summed E-state index contributed by atoms with van der Waals surface area (Å²) in [4.78, 5) is 32.0. The predicted octanol–water partition coefficient (Wildman–Crippen LogP) is 4.42. The molecule has 0 radical (unpaired) electrons. The number of hydrogen-bond acceptors (Lipinski definition) is 5. The van der Waals surface area contributed by atoms with E-state index in [-0.39, 0.29) is 24.3 Å². The van der Waals surface area contributed by atoms with Gasteiger partial charge in [0.25, 0.3) is 0 Å². The molecule has 1 aliphatic heterocycles. The van der Waals surface area contributed by atoms with Crippen LogP contribution in [0.15, 0.2) is 41.0 Å². The summed E-state index contributed by atoms with van der Waals surface area (Å²) in [7, 11) is 0. The van der Waals surface area contributed by atoms with E-state index in [1.165, 1.54) is 16.9 Å². The van der Waals surface area contributed by atoms with Crippen LogP contribution in [0, 0.1) is 5.92 Å². The number of rotatable bonds is 7. The lowest BCUT2D eigenvalue weighted by atomic mass is 9.97. The highest BCUT2D eigenvalue weighted by Gasteiger charge is 2.32. The van der Waals surface area contributed by atoms with Gasteiger partial charge in [0.1, 0.15) is 10.7 Å². The Morgan fingerprint density at radius 2 is 2.21 bits per heavy atom. The van der Waals surface area contributed by atoms with Crippen molar-refractivity contribution < 1.29 is 9.59 Å². The summed E-state index contributed by atoms with van der Waals surface area (Å²) in [5.74, 6) is 0.328. The third-order valence-corrected chi connectivity index (χ3v) is 6.29. The molecule has 1 amide bonds. The van der Waals surface area contributed by atoms with Crippen LogP contribution < -0.4 is 5.32 Å². The van der Waals surface area contributed by atoms with Gasteiger partial charge < -0.3 is 10.2 Å². The topological polar surface area (TPSA) is 62.3 Å². The van der Waals surface area contributed by atoms with Crippen molar-refractivity contribution in [3.63, 3.8) is 0 Å². The predicted molar refractivity (Wildman–Crippen MR) is 113 cm³/mol. The molecule has 1 aliphatic carbocycles. The molecule has 0 aromatic carbocycles. The molecule has 2 heterocycles. The molecule has 1 aromatic heterocycles. The molecular weight excluding hydrogens is 370 g/mol. The van der Waals surface area contributed by atoms with Crippen LogP contribution in [-0.4, -0.2) is 34.7 Å². The van der Waals surface area contributed by atoms with Crippen LogP contribution in [0.5, 0.6) is 0 Å². The molecule has 0 spiro atoms. The zero-order valence-corrected chi connectivity index (χ0v) is 17.8. The van der Waals surface area contributed by atoms with Crippen molar-refractivity contribution >= 4 is 23.0 Å². The van der Waals surface area contributed by atoms with Crippen molar-refractivity contribution in [1.29, 1.82) is 0 Å². The Morgan fingerprint density at radius 3 is 2.93 bits per heavy atom. The van der Waals surface area contributed by atoms with Crippen molar-refractivity contribution in [1.82, 2.24) is 15.2 Å². The van der Waals surface area contributed by atoms with E-state index in [0.29, 0.717) is 11.6 Å².